The van der Waals surface area contributed by atoms with Crippen LogP contribution in [0.5, 0.6) is 0 Å². The van der Waals surface area contributed by atoms with Gasteiger partial charge in [-0.05, 0) is 64.0 Å². The maximum atomic E-state index is 5.43. The average Bonchev–Trinajstić information content (AvgIpc) is 3.83. The van der Waals surface area contributed by atoms with Crippen molar-refractivity contribution in [3.63, 3.8) is 0 Å². The van der Waals surface area contributed by atoms with Crippen molar-refractivity contribution in [1.82, 2.24) is 19.1 Å². The highest BCUT2D eigenvalue weighted by Gasteiger charge is 2.23. The van der Waals surface area contributed by atoms with Crippen LogP contribution in [0, 0.1) is 0 Å². The van der Waals surface area contributed by atoms with Gasteiger partial charge < -0.3 is 4.57 Å². The lowest BCUT2D eigenvalue weighted by Crippen LogP contribution is -2.03. The van der Waals surface area contributed by atoms with Gasteiger partial charge in [-0.3, -0.25) is 4.57 Å². The Morgan fingerprint density at radius 1 is 0.310 bits per heavy atom. The Morgan fingerprint density at radius 2 is 0.845 bits per heavy atom. The maximum Gasteiger partial charge on any atom is 0.235 e. The highest BCUT2D eigenvalue weighted by molar-refractivity contribution is 6.31. The molecule has 0 fully saturated rings. The maximum absolute atomic E-state index is 5.43. The van der Waals surface area contributed by atoms with Crippen LogP contribution in [0.15, 0.2) is 206 Å². The van der Waals surface area contributed by atoms with Crippen LogP contribution < -0.4 is 0 Å². The van der Waals surface area contributed by atoms with Gasteiger partial charge >= 0.3 is 0 Å². The van der Waals surface area contributed by atoms with Crippen LogP contribution in [0.4, 0.5) is 0 Å². The molecule has 4 heteroatoms. The quantitative estimate of drug-likeness (QED) is 0.176. The second kappa shape index (κ2) is 12.9. The van der Waals surface area contributed by atoms with Gasteiger partial charge in [-0.1, -0.05) is 170 Å². The van der Waals surface area contributed by atoms with E-state index in [0.717, 1.165) is 44.4 Å². The van der Waals surface area contributed by atoms with Crippen molar-refractivity contribution < 1.29 is 0 Å². The lowest BCUT2D eigenvalue weighted by atomic mass is 10.0. The van der Waals surface area contributed by atoms with Gasteiger partial charge in [0.15, 0.2) is 0 Å². The summed E-state index contributed by atoms with van der Waals surface area (Å²) in [5.41, 5.74) is 13.3. The van der Waals surface area contributed by atoms with E-state index < -0.39 is 0 Å². The number of benzene rings is 9. The summed E-state index contributed by atoms with van der Waals surface area (Å²) in [5, 5.41) is 8.26. The predicted molar refractivity (Wildman–Crippen MR) is 242 cm³/mol. The van der Waals surface area contributed by atoms with Crippen LogP contribution in [0.1, 0.15) is 0 Å². The molecule has 12 aromatic rings. The zero-order chi connectivity index (χ0) is 38.2. The fourth-order valence-electron chi connectivity index (χ4n) is 9.08. The zero-order valence-corrected chi connectivity index (χ0v) is 31.4. The molecule has 4 nitrogen and oxygen atoms in total. The Bertz CT molecular complexity index is 3530. The minimum absolute atomic E-state index is 0.650. The molecule has 0 aliphatic heterocycles. The van der Waals surface area contributed by atoms with Crippen LogP contribution in [-0.2, 0) is 0 Å². The number of rotatable bonds is 5. The van der Waals surface area contributed by atoms with E-state index in [9.17, 15) is 0 Å². The first kappa shape index (κ1) is 32.4. The number of fused-ring (bicyclic) bond motifs is 10. The van der Waals surface area contributed by atoms with Crippen molar-refractivity contribution in [2.24, 2.45) is 0 Å². The predicted octanol–water partition coefficient (Wildman–Crippen LogP) is 14.0. The van der Waals surface area contributed by atoms with Gasteiger partial charge in [0.2, 0.25) is 5.95 Å². The van der Waals surface area contributed by atoms with E-state index in [4.69, 9.17) is 9.97 Å². The summed E-state index contributed by atoms with van der Waals surface area (Å²) in [6, 6.07) is 73.7. The Hall–Kier alpha value is -7.82. The third-order valence-corrected chi connectivity index (χ3v) is 11.7. The SMILES string of the molecule is c1ccc(-c2ccc(-c3nc(-n4c5ccccc5c5c6c7ccc8ccccc8c7n(-c7ccc(-c8ccccc8)cc7)c6ccc54)nc4ccccc34)cc2)cc1. The molecule has 3 aromatic heterocycles. The molecular formula is C54H34N4. The van der Waals surface area contributed by atoms with Gasteiger partial charge in [0.05, 0.1) is 33.3 Å². The molecule has 270 valence electrons. The molecule has 9 aromatic carbocycles. The average molecular weight is 739 g/mol. The van der Waals surface area contributed by atoms with E-state index in [2.05, 4.69) is 215 Å². The van der Waals surface area contributed by atoms with Crippen LogP contribution in [0.2, 0.25) is 0 Å². The molecule has 58 heavy (non-hydrogen) atoms. The summed E-state index contributed by atoms with van der Waals surface area (Å²) in [7, 11) is 0. The minimum Gasteiger partial charge on any atom is -0.309 e. The monoisotopic (exact) mass is 738 g/mol. The zero-order valence-electron chi connectivity index (χ0n) is 31.4. The van der Waals surface area contributed by atoms with Crippen LogP contribution in [-0.4, -0.2) is 19.1 Å². The number of hydrogen-bond acceptors (Lipinski definition) is 2. The third-order valence-electron chi connectivity index (χ3n) is 11.7. The Labute approximate surface area is 334 Å². The first-order valence-corrected chi connectivity index (χ1v) is 19.8. The lowest BCUT2D eigenvalue weighted by molar-refractivity contribution is 1.01. The molecule has 0 N–H and O–H groups in total. The number of nitrogens with zero attached hydrogens (tertiary/aromatic N) is 4. The van der Waals surface area contributed by atoms with Crippen molar-refractivity contribution in [2.75, 3.05) is 0 Å². The lowest BCUT2D eigenvalue weighted by Gasteiger charge is -2.12. The van der Waals surface area contributed by atoms with Crippen LogP contribution in [0.25, 0.3) is 110 Å². The molecule has 0 atom stereocenters. The van der Waals surface area contributed by atoms with E-state index in [1.807, 2.05) is 0 Å². The summed E-state index contributed by atoms with van der Waals surface area (Å²) in [6.45, 7) is 0. The van der Waals surface area contributed by atoms with Crippen molar-refractivity contribution in [3.05, 3.63) is 206 Å². The summed E-state index contributed by atoms with van der Waals surface area (Å²) >= 11 is 0. The van der Waals surface area contributed by atoms with Gasteiger partial charge in [0, 0.05) is 43.6 Å². The fraction of sp³-hybridized carbons (Fsp3) is 0. The third kappa shape index (κ3) is 4.95. The smallest absolute Gasteiger partial charge is 0.235 e. The van der Waals surface area contributed by atoms with E-state index in [-0.39, 0.29) is 0 Å². The van der Waals surface area contributed by atoms with E-state index in [1.165, 1.54) is 60.1 Å². The van der Waals surface area contributed by atoms with E-state index in [0.29, 0.717) is 5.95 Å². The summed E-state index contributed by atoms with van der Waals surface area (Å²) in [6.07, 6.45) is 0. The molecule has 0 radical (unpaired) electrons. The number of hydrogen-bond donors (Lipinski definition) is 0. The van der Waals surface area contributed by atoms with Gasteiger partial charge in [0.1, 0.15) is 0 Å². The first-order valence-electron chi connectivity index (χ1n) is 19.8. The fourth-order valence-corrected chi connectivity index (χ4v) is 9.08. The Balaban J connectivity index is 1.13. The molecule has 0 bridgehead atoms. The van der Waals surface area contributed by atoms with Gasteiger partial charge in [0.25, 0.3) is 0 Å². The van der Waals surface area contributed by atoms with Gasteiger partial charge in [-0.2, -0.15) is 0 Å². The topological polar surface area (TPSA) is 35.6 Å². The molecule has 0 spiro atoms. The standard InChI is InChI=1S/C54H34N4/c1-3-13-35(14-4-1)37-23-25-40(26-24-37)52-43-19-9-11-21-46(43)55-54(56-52)58-47-22-12-10-20-44(47)50-49(58)34-33-48-51(50)45-32-29-39-17-7-8-18-42(39)53(45)57(48)41-30-27-38(28-31-41)36-15-5-2-6-16-36/h1-34H. The second-order valence-corrected chi connectivity index (χ2v) is 15.0. The molecule has 0 aliphatic carbocycles. The minimum atomic E-state index is 0.650. The number of aromatic nitrogens is 4. The van der Waals surface area contributed by atoms with E-state index in [1.54, 1.807) is 0 Å². The molecular weight excluding hydrogens is 705 g/mol. The highest BCUT2D eigenvalue weighted by Crippen LogP contribution is 2.44. The second-order valence-electron chi connectivity index (χ2n) is 15.0. The summed E-state index contributed by atoms with van der Waals surface area (Å²) in [4.78, 5) is 10.7. The van der Waals surface area contributed by atoms with Crippen molar-refractivity contribution >= 4 is 65.3 Å². The molecule has 0 saturated carbocycles. The molecule has 3 heterocycles. The van der Waals surface area contributed by atoms with Gasteiger partial charge in [-0.25, -0.2) is 9.97 Å². The van der Waals surface area contributed by atoms with Crippen molar-refractivity contribution in [2.45, 2.75) is 0 Å². The van der Waals surface area contributed by atoms with Gasteiger partial charge in [-0.15, -0.1) is 0 Å². The largest absolute Gasteiger partial charge is 0.309 e. The van der Waals surface area contributed by atoms with Crippen LogP contribution in [0.3, 0.4) is 0 Å². The first-order chi connectivity index (χ1) is 28.8. The van der Waals surface area contributed by atoms with Crippen molar-refractivity contribution in [1.29, 1.82) is 0 Å². The number of para-hydroxylation sites is 2. The van der Waals surface area contributed by atoms with E-state index >= 15 is 0 Å². The summed E-state index contributed by atoms with van der Waals surface area (Å²) < 4.78 is 4.72. The molecule has 12 rings (SSSR count). The highest BCUT2D eigenvalue weighted by atomic mass is 15.2. The van der Waals surface area contributed by atoms with Crippen molar-refractivity contribution in [3.8, 4) is 45.1 Å². The molecule has 0 amide bonds. The Morgan fingerprint density at radius 3 is 1.57 bits per heavy atom. The van der Waals surface area contributed by atoms with Crippen LogP contribution >= 0.6 is 0 Å². The normalized spacial score (nSPS) is 11.8. The summed E-state index contributed by atoms with van der Waals surface area (Å²) in [5.74, 6) is 0.650. The molecule has 0 saturated heterocycles. The molecule has 0 unspecified atom stereocenters. The molecule has 0 aliphatic rings. The Kier molecular flexibility index (Phi) is 7.20.